The average Bonchev–Trinajstić information content (AvgIpc) is 2.73. The highest BCUT2D eigenvalue weighted by Crippen LogP contribution is 2.15. The van der Waals surface area contributed by atoms with Gasteiger partial charge in [0.1, 0.15) is 0 Å². The molecule has 0 spiro atoms. The molecule has 122 valence electrons. The fraction of sp³-hybridized carbons (Fsp3) is 0.647. The van der Waals surface area contributed by atoms with Crippen molar-refractivity contribution in [1.29, 1.82) is 0 Å². The third-order valence-corrected chi connectivity index (χ3v) is 4.08. The fourth-order valence-electron chi connectivity index (χ4n) is 2.78. The fourth-order valence-corrected chi connectivity index (χ4v) is 2.78. The van der Waals surface area contributed by atoms with E-state index in [0.717, 1.165) is 43.0 Å². The van der Waals surface area contributed by atoms with Crippen LogP contribution in [0.4, 0.5) is 0 Å². The van der Waals surface area contributed by atoms with E-state index in [1.807, 2.05) is 11.6 Å². The Labute approximate surface area is 133 Å². The number of aryl methyl sites for hydroxylation is 1. The Morgan fingerprint density at radius 1 is 1.45 bits per heavy atom. The van der Waals surface area contributed by atoms with Gasteiger partial charge in [-0.1, -0.05) is 25.5 Å². The van der Waals surface area contributed by atoms with Crippen LogP contribution in [0.15, 0.2) is 11.6 Å². The summed E-state index contributed by atoms with van der Waals surface area (Å²) < 4.78 is 2.03. The van der Waals surface area contributed by atoms with E-state index in [1.54, 1.807) is 0 Å². The van der Waals surface area contributed by atoms with Crippen molar-refractivity contribution < 1.29 is 4.79 Å². The minimum Gasteiger partial charge on any atom is -0.352 e. The molecule has 22 heavy (non-hydrogen) atoms. The second-order valence-electron chi connectivity index (χ2n) is 6.50. The minimum absolute atomic E-state index is 0.0785. The lowest BCUT2D eigenvalue weighted by atomic mass is 10.1. The van der Waals surface area contributed by atoms with Crippen molar-refractivity contribution in [2.24, 2.45) is 5.92 Å². The van der Waals surface area contributed by atoms with Gasteiger partial charge in [0.25, 0.3) is 0 Å². The predicted molar refractivity (Wildman–Crippen MR) is 88.8 cm³/mol. The van der Waals surface area contributed by atoms with Crippen LogP contribution in [0.3, 0.4) is 0 Å². The van der Waals surface area contributed by atoms with Gasteiger partial charge in [-0.3, -0.25) is 9.48 Å². The molecule has 2 heterocycles. The highest BCUT2D eigenvalue weighted by atomic mass is 16.1. The van der Waals surface area contributed by atoms with Gasteiger partial charge in [-0.25, -0.2) is 0 Å². The molecule has 0 saturated heterocycles. The number of nitrogens with one attached hydrogen (secondary N) is 2. The van der Waals surface area contributed by atoms with Gasteiger partial charge in [0, 0.05) is 30.9 Å². The molecule has 0 radical (unpaired) electrons. The molecule has 2 rings (SSSR count). The zero-order chi connectivity index (χ0) is 16.1. The molecule has 1 aliphatic heterocycles. The predicted octanol–water partition coefficient (Wildman–Crippen LogP) is 1.73. The van der Waals surface area contributed by atoms with Gasteiger partial charge in [-0.05, 0) is 32.7 Å². The first-order chi connectivity index (χ1) is 10.5. The zero-order valence-electron chi connectivity index (χ0n) is 14.2. The summed E-state index contributed by atoms with van der Waals surface area (Å²) in [6.07, 6.45) is 3.60. The van der Waals surface area contributed by atoms with Gasteiger partial charge >= 0.3 is 0 Å². The topological polar surface area (TPSA) is 59.0 Å². The molecule has 5 heteroatoms. The Hall–Kier alpha value is -1.62. The first kappa shape index (κ1) is 16.7. The van der Waals surface area contributed by atoms with E-state index in [0.29, 0.717) is 18.9 Å². The molecule has 1 amide bonds. The smallest absolute Gasteiger partial charge is 0.224 e. The molecule has 0 atom stereocenters. The van der Waals surface area contributed by atoms with E-state index < -0.39 is 0 Å². The molecule has 0 bridgehead atoms. The normalized spacial score (nSPS) is 15.0. The molecule has 2 N–H and O–H groups in total. The minimum atomic E-state index is 0.0785. The van der Waals surface area contributed by atoms with Crippen LogP contribution < -0.4 is 10.6 Å². The Morgan fingerprint density at radius 3 is 2.86 bits per heavy atom. The van der Waals surface area contributed by atoms with E-state index in [2.05, 4.69) is 42.6 Å². The van der Waals surface area contributed by atoms with Crippen molar-refractivity contribution in [3.05, 3.63) is 28.6 Å². The van der Waals surface area contributed by atoms with Crippen molar-refractivity contribution in [1.82, 2.24) is 20.4 Å². The van der Waals surface area contributed by atoms with Gasteiger partial charge < -0.3 is 10.6 Å². The number of hydrogen-bond donors (Lipinski definition) is 2. The van der Waals surface area contributed by atoms with Crippen LogP contribution in [-0.2, 0) is 17.8 Å². The highest BCUT2D eigenvalue weighted by Gasteiger charge is 2.15. The van der Waals surface area contributed by atoms with E-state index >= 15 is 0 Å². The average molecular weight is 304 g/mol. The third kappa shape index (κ3) is 4.44. The molecule has 1 aliphatic rings. The number of carbonyl (C=O) groups is 1. The van der Waals surface area contributed by atoms with Gasteiger partial charge in [0.15, 0.2) is 0 Å². The Morgan fingerprint density at radius 2 is 2.23 bits per heavy atom. The lowest BCUT2D eigenvalue weighted by Crippen LogP contribution is -2.30. The molecule has 1 aromatic rings. The van der Waals surface area contributed by atoms with Crippen LogP contribution >= 0.6 is 0 Å². The number of aromatic nitrogens is 2. The Kier molecular flexibility index (Phi) is 5.77. The maximum absolute atomic E-state index is 12.2. The maximum Gasteiger partial charge on any atom is 0.224 e. The standard InChI is InChI=1S/C17H28N4O/c1-12(2)11-21-14(4)16(13(3)20-21)9-17(22)19-10-15-5-7-18-8-6-15/h5,12,18H,6-11H2,1-4H3,(H,19,22). The molecular weight excluding hydrogens is 276 g/mol. The summed E-state index contributed by atoms with van der Waals surface area (Å²) in [7, 11) is 0. The van der Waals surface area contributed by atoms with Crippen LogP contribution in [0, 0.1) is 19.8 Å². The first-order valence-electron chi connectivity index (χ1n) is 8.15. The van der Waals surface area contributed by atoms with Crippen molar-refractivity contribution >= 4 is 5.91 Å². The first-order valence-corrected chi connectivity index (χ1v) is 8.15. The number of hydrogen-bond acceptors (Lipinski definition) is 3. The van der Waals surface area contributed by atoms with E-state index in [9.17, 15) is 4.79 Å². The van der Waals surface area contributed by atoms with E-state index in [1.165, 1.54) is 5.57 Å². The molecular formula is C17H28N4O. The third-order valence-electron chi connectivity index (χ3n) is 4.08. The lowest BCUT2D eigenvalue weighted by Gasteiger charge is -2.14. The summed E-state index contributed by atoms with van der Waals surface area (Å²) in [5.41, 5.74) is 4.46. The zero-order valence-corrected chi connectivity index (χ0v) is 14.2. The number of carbonyl (C=O) groups excluding carboxylic acids is 1. The van der Waals surface area contributed by atoms with Crippen LogP contribution in [0.25, 0.3) is 0 Å². The van der Waals surface area contributed by atoms with E-state index in [4.69, 9.17) is 0 Å². The molecule has 0 aromatic carbocycles. The molecule has 0 saturated carbocycles. The SMILES string of the molecule is Cc1nn(CC(C)C)c(C)c1CC(=O)NCC1=CCNCC1. The summed E-state index contributed by atoms with van der Waals surface area (Å²) in [6.45, 7) is 11.9. The van der Waals surface area contributed by atoms with Crippen LogP contribution in [0.2, 0.25) is 0 Å². The monoisotopic (exact) mass is 304 g/mol. The van der Waals surface area contributed by atoms with Gasteiger partial charge in [-0.2, -0.15) is 5.10 Å². The Bertz CT molecular complexity index is 557. The largest absolute Gasteiger partial charge is 0.352 e. The van der Waals surface area contributed by atoms with Crippen LogP contribution in [-0.4, -0.2) is 35.3 Å². The Balaban J connectivity index is 1.93. The van der Waals surface area contributed by atoms with Gasteiger partial charge in [0.05, 0.1) is 12.1 Å². The second-order valence-corrected chi connectivity index (χ2v) is 6.50. The number of amides is 1. The van der Waals surface area contributed by atoms with Crippen molar-refractivity contribution in [2.45, 2.75) is 47.1 Å². The maximum atomic E-state index is 12.2. The lowest BCUT2D eigenvalue weighted by molar-refractivity contribution is -0.120. The van der Waals surface area contributed by atoms with Crippen molar-refractivity contribution in [2.75, 3.05) is 19.6 Å². The van der Waals surface area contributed by atoms with Gasteiger partial charge in [-0.15, -0.1) is 0 Å². The summed E-state index contributed by atoms with van der Waals surface area (Å²) >= 11 is 0. The quantitative estimate of drug-likeness (QED) is 0.787. The summed E-state index contributed by atoms with van der Waals surface area (Å²) in [5.74, 6) is 0.626. The number of nitrogens with zero attached hydrogens (tertiary/aromatic N) is 2. The molecule has 0 aliphatic carbocycles. The van der Waals surface area contributed by atoms with Gasteiger partial charge in [0.2, 0.25) is 5.91 Å². The number of rotatable bonds is 6. The van der Waals surface area contributed by atoms with Crippen molar-refractivity contribution in [3.8, 4) is 0 Å². The van der Waals surface area contributed by atoms with Crippen LogP contribution in [0.1, 0.15) is 37.2 Å². The molecule has 0 fully saturated rings. The summed E-state index contributed by atoms with van der Waals surface area (Å²) in [5, 5.41) is 10.9. The summed E-state index contributed by atoms with van der Waals surface area (Å²) in [4.78, 5) is 12.2. The van der Waals surface area contributed by atoms with Crippen LogP contribution in [0.5, 0.6) is 0 Å². The highest BCUT2D eigenvalue weighted by molar-refractivity contribution is 5.79. The molecule has 5 nitrogen and oxygen atoms in total. The summed E-state index contributed by atoms with van der Waals surface area (Å²) in [6, 6.07) is 0. The molecule has 1 aromatic heterocycles. The second kappa shape index (κ2) is 7.58. The molecule has 0 unspecified atom stereocenters. The van der Waals surface area contributed by atoms with Crippen molar-refractivity contribution in [3.63, 3.8) is 0 Å². The van der Waals surface area contributed by atoms with E-state index in [-0.39, 0.29) is 5.91 Å².